The quantitative estimate of drug-likeness (QED) is 0.541. The number of amides is 1. The average molecular weight is 349 g/mol. The lowest BCUT2D eigenvalue weighted by molar-refractivity contribution is 0.0947. The van der Waals surface area contributed by atoms with Gasteiger partial charge in [-0.15, -0.1) is 0 Å². The van der Waals surface area contributed by atoms with Crippen molar-refractivity contribution < 1.29 is 9.53 Å². The minimum Gasteiger partial charge on any atom is -0.493 e. The molecule has 0 aliphatic carbocycles. The van der Waals surface area contributed by atoms with Crippen molar-refractivity contribution in [2.75, 3.05) is 6.61 Å². The van der Waals surface area contributed by atoms with Crippen molar-refractivity contribution in [1.29, 1.82) is 0 Å². The molecule has 0 aliphatic rings. The number of fused-ring (bicyclic) bond motifs is 1. The maximum Gasteiger partial charge on any atom is 0.287 e. The predicted octanol–water partition coefficient (Wildman–Crippen LogP) is 3.98. The molecule has 5 nitrogen and oxygen atoms in total. The van der Waals surface area contributed by atoms with Gasteiger partial charge < -0.3 is 9.30 Å². The Morgan fingerprint density at radius 2 is 1.92 bits per heavy atom. The summed E-state index contributed by atoms with van der Waals surface area (Å²) in [7, 11) is 1.87. The van der Waals surface area contributed by atoms with E-state index in [2.05, 4.69) is 24.4 Å². The van der Waals surface area contributed by atoms with Crippen LogP contribution in [0, 0.1) is 5.92 Å². The van der Waals surface area contributed by atoms with Gasteiger partial charge in [-0.25, -0.2) is 5.43 Å². The van der Waals surface area contributed by atoms with Crippen molar-refractivity contribution >= 4 is 23.0 Å². The molecule has 1 heterocycles. The number of benzene rings is 2. The Kier molecular flexibility index (Phi) is 5.37. The largest absolute Gasteiger partial charge is 0.493 e. The van der Waals surface area contributed by atoms with Gasteiger partial charge in [0, 0.05) is 23.5 Å². The van der Waals surface area contributed by atoms with Gasteiger partial charge >= 0.3 is 0 Å². The number of carbonyl (C=O) groups is 1. The highest BCUT2D eigenvalue weighted by atomic mass is 16.5. The molecule has 0 atom stereocenters. The molecule has 3 rings (SSSR count). The van der Waals surface area contributed by atoms with E-state index in [1.807, 2.05) is 66.2 Å². The molecule has 1 N–H and O–H groups in total. The Bertz CT molecular complexity index is 941. The number of nitrogens with one attached hydrogen (secondary N) is 1. The summed E-state index contributed by atoms with van der Waals surface area (Å²) in [5.41, 5.74) is 4.99. The van der Waals surface area contributed by atoms with E-state index in [0.29, 0.717) is 18.2 Å². The van der Waals surface area contributed by atoms with E-state index in [-0.39, 0.29) is 5.91 Å². The molecule has 0 unspecified atom stereocenters. The third-order valence-electron chi connectivity index (χ3n) is 4.05. The minimum absolute atomic E-state index is 0.250. The molecule has 1 amide bonds. The summed E-state index contributed by atoms with van der Waals surface area (Å²) < 4.78 is 7.65. The van der Waals surface area contributed by atoms with Gasteiger partial charge in [-0.3, -0.25) is 4.79 Å². The molecule has 0 saturated carbocycles. The summed E-state index contributed by atoms with van der Waals surface area (Å²) in [4.78, 5) is 12.4. The molecule has 26 heavy (non-hydrogen) atoms. The average Bonchev–Trinajstić information content (AvgIpc) is 2.98. The molecule has 134 valence electrons. The van der Waals surface area contributed by atoms with Gasteiger partial charge in [0.05, 0.1) is 12.8 Å². The summed E-state index contributed by atoms with van der Waals surface area (Å²) in [5, 5.41) is 5.12. The zero-order valence-electron chi connectivity index (χ0n) is 15.3. The van der Waals surface area contributed by atoms with E-state index in [4.69, 9.17) is 4.74 Å². The number of rotatable bonds is 6. The summed E-state index contributed by atoms with van der Waals surface area (Å²) in [6, 6.07) is 17.4. The highest BCUT2D eigenvalue weighted by Crippen LogP contribution is 2.19. The molecule has 3 aromatic rings. The third kappa shape index (κ3) is 3.94. The fourth-order valence-corrected chi connectivity index (χ4v) is 2.70. The van der Waals surface area contributed by atoms with Crippen LogP contribution in [-0.4, -0.2) is 23.3 Å². The summed E-state index contributed by atoms with van der Waals surface area (Å²) >= 11 is 0. The Morgan fingerprint density at radius 3 is 2.69 bits per heavy atom. The van der Waals surface area contributed by atoms with Crippen molar-refractivity contribution in [3.63, 3.8) is 0 Å². The van der Waals surface area contributed by atoms with E-state index in [1.165, 1.54) is 0 Å². The van der Waals surface area contributed by atoms with Crippen LogP contribution < -0.4 is 10.2 Å². The number of hydrogen-bond donors (Lipinski definition) is 1. The fourth-order valence-electron chi connectivity index (χ4n) is 2.70. The maximum absolute atomic E-state index is 12.4. The van der Waals surface area contributed by atoms with Crippen molar-refractivity contribution in [2.45, 2.75) is 13.8 Å². The van der Waals surface area contributed by atoms with Crippen molar-refractivity contribution in [2.24, 2.45) is 18.1 Å². The summed E-state index contributed by atoms with van der Waals surface area (Å²) in [6.07, 6.45) is 1.61. The number of para-hydroxylation sites is 2. The van der Waals surface area contributed by atoms with Gasteiger partial charge in [-0.1, -0.05) is 44.2 Å². The lowest BCUT2D eigenvalue weighted by Crippen LogP contribution is -2.20. The Morgan fingerprint density at radius 1 is 1.19 bits per heavy atom. The molecule has 0 fully saturated rings. The number of ether oxygens (including phenoxy) is 1. The zero-order valence-corrected chi connectivity index (χ0v) is 15.3. The van der Waals surface area contributed by atoms with Crippen LogP contribution in [0.2, 0.25) is 0 Å². The normalized spacial score (nSPS) is 11.4. The number of hydrazone groups is 1. The van der Waals surface area contributed by atoms with Crippen LogP contribution in [0.1, 0.15) is 29.9 Å². The van der Waals surface area contributed by atoms with Crippen LogP contribution in [0.25, 0.3) is 10.9 Å². The molecule has 1 aromatic heterocycles. The fraction of sp³-hybridized carbons (Fsp3) is 0.238. The Balaban J connectivity index is 1.72. The first-order valence-electron chi connectivity index (χ1n) is 8.66. The topological polar surface area (TPSA) is 55.6 Å². The first-order chi connectivity index (χ1) is 12.6. The molecule has 0 spiro atoms. The number of carbonyl (C=O) groups excluding carboxylic acids is 1. The van der Waals surface area contributed by atoms with Crippen LogP contribution in [0.15, 0.2) is 59.7 Å². The van der Waals surface area contributed by atoms with Crippen molar-refractivity contribution in [1.82, 2.24) is 9.99 Å². The van der Waals surface area contributed by atoms with Gasteiger partial charge in [0.1, 0.15) is 11.4 Å². The predicted molar refractivity (Wildman–Crippen MR) is 105 cm³/mol. The first-order valence-corrected chi connectivity index (χ1v) is 8.66. The Hall–Kier alpha value is -3.08. The van der Waals surface area contributed by atoms with Crippen molar-refractivity contribution in [3.8, 4) is 5.75 Å². The molecule has 0 bridgehead atoms. The molecule has 0 radical (unpaired) electrons. The monoisotopic (exact) mass is 349 g/mol. The number of aryl methyl sites for hydroxylation is 1. The van der Waals surface area contributed by atoms with Gasteiger partial charge in [-0.2, -0.15) is 5.10 Å². The van der Waals surface area contributed by atoms with Crippen LogP contribution >= 0.6 is 0 Å². The second-order valence-corrected chi connectivity index (χ2v) is 6.59. The van der Waals surface area contributed by atoms with E-state index < -0.39 is 0 Å². The van der Waals surface area contributed by atoms with Gasteiger partial charge in [0.25, 0.3) is 5.91 Å². The summed E-state index contributed by atoms with van der Waals surface area (Å²) in [5.74, 6) is 0.940. The van der Waals surface area contributed by atoms with E-state index in [9.17, 15) is 4.79 Å². The molecular weight excluding hydrogens is 326 g/mol. The lowest BCUT2D eigenvalue weighted by atomic mass is 10.2. The number of nitrogens with zero attached hydrogens (tertiary/aromatic N) is 2. The number of hydrogen-bond acceptors (Lipinski definition) is 3. The standard InChI is InChI=1S/C21H23N3O2/c1-15(2)14-26-20-11-7-5-9-17(20)13-22-23-21(25)19-12-16-8-4-6-10-18(16)24(19)3/h4-13,15H,14H2,1-3H3,(H,23,25)/b22-13+. The van der Waals surface area contributed by atoms with E-state index in [1.54, 1.807) is 6.21 Å². The van der Waals surface area contributed by atoms with Crippen LogP contribution in [0.4, 0.5) is 0 Å². The van der Waals surface area contributed by atoms with Crippen LogP contribution in [0.5, 0.6) is 5.75 Å². The maximum atomic E-state index is 12.4. The molecule has 0 saturated heterocycles. The van der Waals surface area contributed by atoms with E-state index in [0.717, 1.165) is 22.2 Å². The van der Waals surface area contributed by atoms with Crippen LogP contribution in [0.3, 0.4) is 0 Å². The SMILES string of the molecule is CC(C)COc1ccccc1/C=N/NC(=O)c1cc2ccccc2n1C. The van der Waals surface area contributed by atoms with Gasteiger partial charge in [0.15, 0.2) is 0 Å². The van der Waals surface area contributed by atoms with Crippen molar-refractivity contribution in [3.05, 3.63) is 65.9 Å². The Labute approximate surface area is 153 Å². The number of aromatic nitrogens is 1. The minimum atomic E-state index is -0.250. The molecule has 0 aliphatic heterocycles. The highest BCUT2D eigenvalue weighted by molar-refractivity contribution is 5.99. The second kappa shape index (κ2) is 7.87. The first kappa shape index (κ1) is 17.7. The molecule has 2 aromatic carbocycles. The highest BCUT2D eigenvalue weighted by Gasteiger charge is 2.12. The summed E-state index contributed by atoms with van der Waals surface area (Å²) in [6.45, 7) is 4.83. The molecule has 5 heteroatoms. The zero-order chi connectivity index (χ0) is 18.5. The third-order valence-corrected chi connectivity index (χ3v) is 4.05. The van der Waals surface area contributed by atoms with Gasteiger partial charge in [0.2, 0.25) is 0 Å². The van der Waals surface area contributed by atoms with Crippen LogP contribution in [-0.2, 0) is 7.05 Å². The van der Waals surface area contributed by atoms with E-state index >= 15 is 0 Å². The lowest BCUT2D eigenvalue weighted by Gasteiger charge is -2.10. The molecular formula is C21H23N3O2. The van der Waals surface area contributed by atoms with Gasteiger partial charge in [-0.05, 0) is 30.2 Å². The smallest absolute Gasteiger partial charge is 0.287 e. The second-order valence-electron chi connectivity index (χ2n) is 6.59.